The third-order valence-corrected chi connectivity index (χ3v) is 5.13. The summed E-state index contributed by atoms with van der Waals surface area (Å²) in [5.74, 6) is -0.965. The maximum atomic E-state index is 13.5. The number of carbonyl (C=O) groups excluding carboxylic acids is 2. The summed E-state index contributed by atoms with van der Waals surface area (Å²) in [4.78, 5) is 32.4. The fraction of sp³-hybridized carbons (Fsp3) is 0.476. The fourth-order valence-corrected chi connectivity index (χ4v) is 3.73. The van der Waals surface area contributed by atoms with Crippen molar-refractivity contribution < 1.29 is 14.4 Å². The number of benzene rings is 1. The summed E-state index contributed by atoms with van der Waals surface area (Å²) in [5.41, 5.74) is -0.384. The highest BCUT2D eigenvalue weighted by molar-refractivity contribution is 6.27. The molecule has 25 heavy (non-hydrogen) atoms. The number of rotatable bonds is 1. The van der Waals surface area contributed by atoms with Crippen LogP contribution in [-0.2, 0) is 14.4 Å². The first kappa shape index (κ1) is 17.6. The number of hydrogen-bond donors (Lipinski definition) is 0. The molecule has 4 heteroatoms. The van der Waals surface area contributed by atoms with E-state index in [0.29, 0.717) is 11.3 Å². The van der Waals surface area contributed by atoms with E-state index in [-0.39, 0.29) is 11.6 Å². The Bertz CT molecular complexity index is 791. The summed E-state index contributed by atoms with van der Waals surface area (Å²) in [7, 11) is 0. The molecule has 1 aliphatic heterocycles. The Hall–Kier alpha value is -2.23. The Morgan fingerprint density at radius 3 is 2.12 bits per heavy atom. The number of allylic oxidation sites excluding steroid dienone is 1. The highest BCUT2D eigenvalue weighted by Crippen LogP contribution is 2.51. The number of ketones is 2. The average molecular weight is 339 g/mol. The van der Waals surface area contributed by atoms with Gasteiger partial charge in [0.15, 0.2) is 5.78 Å². The molecule has 2 atom stereocenters. The molecule has 2 aliphatic rings. The van der Waals surface area contributed by atoms with Crippen LogP contribution in [-0.4, -0.2) is 22.9 Å². The van der Waals surface area contributed by atoms with E-state index in [2.05, 4.69) is 5.16 Å². The van der Waals surface area contributed by atoms with Crippen molar-refractivity contribution in [3.05, 3.63) is 47.5 Å². The molecule has 3 rings (SSSR count). The number of nitrogens with zero attached hydrogens (tertiary/aromatic N) is 1. The molecule has 0 saturated heterocycles. The smallest absolute Gasteiger partial charge is 0.219 e. The molecule has 0 fully saturated rings. The predicted molar refractivity (Wildman–Crippen MR) is 97.3 cm³/mol. The number of fused-ring (bicyclic) bond motifs is 1. The van der Waals surface area contributed by atoms with Crippen molar-refractivity contribution in [1.29, 1.82) is 0 Å². The summed E-state index contributed by atoms with van der Waals surface area (Å²) in [6.45, 7) is 11.6. The van der Waals surface area contributed by atoms with Gasteiger partial charge in [-0.15, -0.1) is 0 Å². The van der Waals surface area contributed by atoms with Crippen LogP contribution in [0.5, 0.6) is 0 Å². The van der Waals surface area contributed by atoms with Crippen molar-refractivity contribution >= 4 is 17.3 Å². The lowest BCUT2D eigenvalue weighted by Crippen LogP contribution is -2.61. The van der Waals surface area contributed by atoms with Crippen molar-refractivity contribution in [2.45, 2.75) is 47.1 Å². The molecule has 0 saturated carbocycles. The van der Waals surface area contributed by atoms with E-state index in [9.17, 15) is 9.59 Å². The summed E-state index contributed by atoms with van der Waals surface area (Å²) in [6, 6.07) is 9.49. The Morgan fingerprint density at radius 2 is 1.60 bits per heavy atom. The molecule has 0 spiro atoms. The molecule has 0 radical (unpaired) electrons. The van der Waals surface area contributed by atoms with Crippen LogP contribution in [0.25, 0.3) is 0 Å². The summed E-state index contributed by atoms with van der Waals surface area (Å²) < 4.78 is 0. The normalized spacial score (nSPS) is 26.7. The van der Waals surface area contributed by atoms with Gasteiger partial charge in [-0.05, 0) is 11.5 Å². The van der Waals surface area contributed by atoms with Crippen LogP contribution in [0.4, 0.5) is 0 Å². The monoisotopic (exact) mass is 339 g/mol. The molecule has 0 aromatic heterocycles. The van der Waals surface area contributed by atoms with Crippen LogP contribution >= 0.6 is 0 Å². The SMILES string of the molecule is CC(C)(C)C1=CC(=O)C2(C(C)(C)C)ON=C(c3ccccc3)C2C1=O. The van der Waals surface area contributed by atoms with Crippen LogP contribution < -0.4 is 0 Å². The number of oxime groups is 1. The highest BCUT2D eigenvalue weighted by Gasteiger charge is 2.66. The molecule has 2 unspecified atom stereocenters. The molecule has 1 heterocycles. The first-order valence-corrected chi connectivity index (χ1v) is 8.62. The minimum Gasteiger partial charge on any atom is -0.379 e. The summed E-state index contributed by atoms with van der Waals surface area (Å²) >= 11 is 0. The van der Waals surface area contributed by atoms with Crippen LogP contribution in [0.15, 0.2) is 47.1 Å². The van der Waals surface area contributed by atoms with Gasteiger partial charge in [-0.25, -0.2) is 0 Å². The van der Waals surface area contributed by atoms with Gasteiger partial charge in [-0.2, -0.15) is 0 Å². The van der Waals surface area contributed by atoms with Gasteiger partial charge < -0.3 is 4.84 Å². The van der Waals surface area contributed by atoms with Gasteiger partial charge in [0.1, 0.15) is 11.6 Å². The second kappa shape index (κ2) is 5.38. The first-order chi connectivity index (χ1) is 11.5. The van der Waals surface area contributed by atoms with Gasteiger partial charge >= 0.3 is 0 Å². The van der Waals surface area contributed by atoms with Gasteiger partial charge in [0.2, 0.25) is 11.4 Å². The molecule has 132 valence electrons. The summed E-state index contributed by atoms with van der Waals surface area (Å²) in [6.07, 6.45) is 1.48. The minimum absolute atomic E-state index is 0.0675. The molecule has 1 aromatic rings. The zero-order chi connectivity index (χ0) is 18.6. The zero-order valence-electron chi connectivity index (χ0n) is 15.7. The van der Waals surface area contributed by atoms with E-state index >= 15 is 0 Å². The zero-order valence-corrected chi connectivity index (χ0v) is 15.7. The van der Waals surface area contributed by atoms with Crippen molar-refractivity contribution in [2.24, 2.45) is 21.9 Å². The van der Waals surface area contributed by atoms with Crippen LogP contribution in [0.2, 0.25) is 0 Å². The maximum absolute atomic E-state index is 13.5. The molecule has 0 bridgehead atoms. The predicted octanol–water partition coefficient (Wildman–Crippen LogP) is 3.95. The molecule has 4 nitrogen and oxygen atoms in total. The van der Waals surface area contributed by atoms with E-state index in [1.807, 2.05) is 71.9 Å². The number of Topliss-reactive ketones (excluding diaryl/α,β-unsaturated/α-hetero) is 1. The number of carbonyl (C=O) groups is 2. The van der Waals surface area contributed by atoms with Crippen molar-refractivity contribution in [3.63, 3.8) is 0 Å². The third kappa shape index (κ3) is 2.46. The molecule has 1 aliphatic carbocycles. The number of hydrogen-bond acceptors (Lipinski definition) is 4. The van der Waals surface area contributed by atoms with Gasteiger partial charge in [0.25, 0.3) is 0 Å². The quantitative estimate of drug-likeness (QED) is 0.778. The second-order valence-electron chi connectivity index (χ2n) is 8.89. The lowest BCUT2D eigenvalue weighted by molar-refractivity contribution is -0.165. The van der Waals surface area contributed by atoms with Crippen LogP contribution in [0.3, 0.4) is 0 Å². The highest BCUT2D eigenvalue weighted by atomic mass is 16.7. The largest absolute Gasteiger partial charge is 0.379 e. The molecule has 0 amide bonds. The fourth-order valence-electron chi connectivity index (χ4n) is 3.73. The van der Waals surface area contributed by atoms with E-state index in [0.717, 1.165) is 5.56 Å². The van der Waals surface area contributed by atoms with Crippen molar-refractivity contribution in [1.82, 2.24) is 0 Å². The molecule has 1 aromatic carbocycles. The molecule has 0 N–H and O–H groups in total. The van der Waals surface area contributed by atoms with Gasteiger partial charge in [-0.1, -0.05) is 77.0 Å². The van der Waals surface area contributed by atoms with Crippen molar-refractivity contribution in [2.75, 3.05) is 0 Å². The Morgan fingerprint density at radius 1 is 1.00 bits per heavy atom. The third-order valence-electron chi connectivity index (χ3n) is 5.13. The van der Waals surface area contributed by atoms with Gasteiger partial charge in [-0.3, -0.25) is 9.59 Å². The lowest BCUT2D eigenvalue weighted by Gasteiger charge is -2.44. The first-order valence-electron chi connectivity index (χ1n) is 8.62. The Labute approximate surface area is 148 Å². The molecular weight excluding hydrogens is 314 g/mol. The van der Waals surface area contributed by atoms with E-state index < -0.39 is 22.3 Å². The van der Waals surface area contributed by atoms with E-state index in [1.54, 1.807) is 0 Å². The van der Waals surface area contributed by atoms with E-state index in [1.165, 1.54) is 6.08 Å². The maximum Gasteiger partial charge on any atom is 0.219 e. The van der Waals surface area contributed by atoms with Crippen LogP contribution in [0, 0.1) is 16.7 Å². The topological polar surface area (TPSA) is 55.7 Å². The lowest BCUT2D eigenvalue weighted by atomic mass is 9.58. The Kier molecular flexibility index (Phi) is 3.79. The van der Waals surface area contributed by atoms with Crippen LogP contribution in [0.1, 0.15) is 47.1 Å². The Balaban J connectivity index is 2.22. The standard InChI is InChI=1S/C21H25NO3/c1-19(2,3)14-12-15(23)21(20(4,5)6)16(18(14)24)17(22-25-21)13-10-8-7-9-11-13/h7-12,16H,1-6H3. The van der Waals surface area contributed by atoms with Crippen molar-refractivity contribution in [3.8, 4) is 0 Å². The minimum atomic E-state index is -1.29. The average Bonchev–Trinajstić information content (AvgIpc) is 2.93. The van der Waals surface area contributed by atoms with E-state index in [4.69, 9.17) is 4.84 Å². The van der Waals surface area contributed by atoms with Gasteiger partial charge in [0, 0.05) is 16.6 Å². The molecular formula is C21H25NO3. The van der Waals surface area contributed by atoms with Gasteiger partial charge in [0.05, 0.1) is 0 Å². The second-order valence-corrected chi connectivity index (χ2v) is 8.89. The summed E-state index contributed by atoms with van der Waals surface area (Å²) in [5, 5.41) is 4.25.